The van der Waals surface area contributed by atoms with Crippen LogP contribution in [-0.2, 0) is 4.79 Å². The summed E-state index contributed by atoms with van der Waals surface area (Å²) < 4.78 is 0. The molecule has 0 spiro atoms. The van der Waals surface area contributed by atoms with Crippen molar-refractivity contribution in [1.29, 1.82) is 0 Å². The van der Waals surface area contributed by atoms with Crippen LogP contribution in [0.3, 0.4) is 0 Å². The zero-order valence-electron chi connectivity index (χ0n) is 12.5. The van der Waals surface area contributed by atoms with E-state index in [0.29, 0.717) is 11.6 Å². The van der Waals surface area contributed by atoms with Crippen LogP contribution in [0.1, 0.15) is 33.7 Å². The van der Waals surface area contributed by atoms with E-state index in [1.165, 1.54) is 35.0 Å². The highest BCUT2D eigenvalue weighted by molar-refractivity contribution is 7.99. The van der Waals surface area contributed by atoms with Crippen LogP contribution in [0.4, 0.5) is 0 Å². The number of likely N-dealkylation sites (tertiary alicyclic amines) is 1. The molecule has 2 saturated heterocycles. The van der Waals surface area contributed by atoms with Gasteiger partial charge >= 0.3 is 5.97 Å². The average Bonchev–Trinajstić information content (AvgIpc) is 3.25. The topological polar surface area (TPSA) is 90.8 Å². The zero-order valence-corrected chi connectivity index (χ0v) is 13.3. The van der Waals surface area contributed by atoms with E-state index in [9.17, 15) is 14.4 Å². The molecule has 2 aliphatic rings. The zero-order chi connectivity index (χ0) is 16.4. The summed E-state index contributed by atoms with van der Waals surface area (Å²) in [6.45, 7) is 1.50. The van der Waals surface area contributed by atoms with E-state index in [4.69, 9.17) is 5.11 Å². The molecule has 3 rings (SSSR count). The lowest BCUT2D eigenvalue weighted by atomic mass is 10.1. The SMILES string of the molecule is O=C(O)c1cc(C(=O)N2CSCC2C(=O)N2CCCC2)ccn1. The van der Waals surface area contributed by atoms with Gasteiger partial charge in [-0.15, -0.1) is 11.8 Å². The quantitative estimate of drug-likeness (QED) is 0.883. The van der Waals surface area contributed by atoms with Crippen molar-refractivity contribution in [3.8, 4) is 0 Å². The van der Waals surface area contributed by atoms with E-state index in [2.05, 4.69) is 4.98 Å². The summed E-state index contributed by atoms with van der Waals surface area (Å²) in [6.07, 6.45) is 3.31. The maximum atomic E-state index is 12.7. The first-order valence-electron chi connectivity index (χ1n) is 7.45. The monoisotopic (exact) mass is 335 g/mol. The number of pyridine rings is 1. The Balaban J connectivity index is 1.79. The number of nitrogens with zero attached hydrogens (tertiary/aromatic N) is 3. The summed E-state index contributed by atoms with van der Waals surface area (Å²) in [5.41, 5.74) is 0.0734. The van der Waals surface area contributed by atoms with Gasteiger partial charge in [-0.25, -0.2) is 9.78 Å². The third kappa shape index (κ3) is 3.17. The minimum absolute atomic E-state index is 0.00614. The Morgan fingerprint density at radius 3 is 2.70 bits per heavy atom. The first kappa shape index (κ1) is 15.8. The predicted octanol–water partition coefficient (Wildman–Crippen LogP) is 0.917. The molecule has 0 aliphatic carbocycles. The predicted molar refractivity (Wildman–Crippen MR) is 84.3 cm³/mol. The second kappa shape index (κ2) is 6.57. The van der Waals surface area contributed by atoms with Crippen LogP contribution in [0.2, 0.25) is 0 Å². The third-order valence-electron chi connectivity index (χ3n) is 4.07. The molecular formula is C15H17N3O4S. The fraction of sp³-hybridized carbons (Fsp3) is 0.467. The number of aromatic carboxylic acids is 1. The summed E-state index contributed by atoms with van der Waals surface area (Å²) in [5.74, 6) is -0.489. The number of aromatic nitrogens is 1. The number of carboxylic acids is 1. The van der Waals surface area contributed by atoms with Crippen molar-refractivity contribution < 1.29 is 19.5 Å². The van der Waals surface area contributed by atoms with Crippen molar-refractivity contribution in [2.24, 2.45) is 0 Å². The minimum atomic E-state index is -1.18. The molecule has 2 aliphatic heterocycles. The number of rotatable bonds is 3. The van der Waals surface area contributed by atoms with Gasteiger partial charge in [0, 0.05) is 30.6 Å². The summed E-state index contributed by atoms with van der Waals surface area (Å²) in [7, 11) is 0. The molecule has 0 saturated carbocycles. The summed E-state index contributed by atoms with van der Waals surface area (Å²) in [4.78, 5) is 43.3. The number of amides is 2. The lowest BCUT2D eigenvalue weighted by molar-refractivity contribution is -0.133. The number of thioether (sulfide) groups is 1. The molecule has 1 atom stereocenters. The molecule has 122 valence electrons. The number of carbonyl (C=O) groups excluding carboxylic acids is 2. The molecule has 1 aromatic heterocycles. The Morgan fingerprint density at radius 2 is 2.00 bits per heavy atom. The van der Waals surface area contributed by atoms with E-state index >= 15 is 0 Å². The summed E-state index contributed by atoms with van der Waals surface area (Å²) >= 11 is 1.54. The smallest absolute Gasteiger partial charge is 0.354 e. The van der Waals surface area contributed by atoms with E-state index < -0.39 is 12.0 Å². The molecule has 23 heavy (non-hydrogen) atoms. The van der Waals surface area contributed by atoms with Crippen LogP contribution in [0, 0.1) is 0 Å². The molecule has 0 bridgehead atoms. The molecule has 7 nitrogen and oxygen atoms in total. The van der Waals surface area contributed by atoms with Crippen LogP contribution >= 0.6 is 11.8 Å². The van der Waals surface area contributed by atoms with Gasteiger partial charge < -0.3 is 14.9 Å². The van der Waals surface area contributed by atoms with Crippen molar-refractivity contribution >= 4 is 29.5 Å². The molecule has 3 heterocycles. The van der Waals surface area contributed by atoms with E-state index in [0.717, 1.165) is 25.9 Å². The van der Waals surface area contributed by atoms with E-state index in [1.54, 1.807) is 0 Å². The Hall–Kier alpha value is -2.09. The molecule has 8 heteroatoms. The van der Waals surface area contributed by atoms with Crippen LogP contribution in [0.15, 0.2) is 18.3 Å². The lowest BCUT2D eigenvalue weighted by Gasteiger charge is -2.27. The summed E-state index contributed by atoms with van der Waals surface area (Å²) in [6, 6.07) is 2.27. The number of carboxylic acid groups (broad SMARTS) is 1. The van der Waals surface area contributed by atoms with Crippen LogP contribution in [-0.4, -0.2) is 68.4 Å². The largest absolute Gasteiger partial charge is 0.477 e. The average molecular weight is 335 g/mol. The van der Waals surface area contributed by atoms with Gasteiger partial charge in [-0.3, -0.25) is 9.59 Å². The van der Waals surface area contributed by atoms with Crippen LogP contribution < -0.4 is 0 Å². The maximum absolute atomic E-state index is 12.7. The first-order valence-corrected chi connectivity index (χ1v) is 8.60. The number of hydrogen-bond acceptors (Lipinski definition) is 5. The highest BCUT2D eigenvalue weighted by Gasteiger charge is 2.38. The van der Waals surface area contributed by atoms with Crippen molar-refractivity contribution in [3.63, 3.8) is 0 Å². The first-order chi connectivity index (χ1) is 11.1. The normalized spacial score (nSPS) is 20.8. The van der Waals surface area contributed by atoms with Crippen molar-refractivity contribution in [2.45, 2.75) is 18.9 Å². The summed E-state index contributed by atoms with van der Waals surface area (Å²) in [5, 5.41) is 8.99. The molecule has 2 amide bonds. The fourth-order valence-corrected chi connectivity index (χ4v) is 3.99. The van der Waals surface area contributed by atoms with Crippen molar-refractivity contribution in [2.75, 3.05) is 24.7 Å². The van der Waals surface area contributed by atoms with Gasteiger partial charge in [-0.2, -0.15) is 0 Å². The second-order valence-electron chi connectivity index (χ2n) is 5.56. The molecule has 1 aromatic rings. The fourth-order valence-electron chi connectivity index (χ4n) is 2.84. The van der Waals surface area contributed by atoms with Crippen LogP contribution in [0.5, 0.6) is 0 Å². The highest BCUT2D eigenvalue weighted by atomic mass is 32.2. The number of carbonyl (C=O) groups is 3. The Labute approximate surface area is 137 Å². The molecule has 1 unspecified atom stereocenters. The molecule has 1 N–H and O–H groups in total. The number of hydrogen-bond donors (Lipinski definition) is 1. The van der Waals surface area contributed by atoms with E-state index in [1.807, 2.05) is 4.90 Å². The van der Waals surface area contributed by atoms with Crippen molar-refractivity contribution in [1.82, 2.24) is 14.8 Å². The minimum Gasteiger partial charge on any atom is -0.477 e. The lowest BCUT2D eigenvalue weighted by Crippen LogP contribution is -2.48. The van der Waals surface area contributed by atoms with Gasteiger partial charge in [0.1, 0.15) is 11.7 Å². The Bertz CT molecular complexity index is 645. The van der Waals surface area contributed by atoms with Gasteiger partial charge in [0.25, 0.3) is 5.91 Å². The van der Waals surface area contributed by atoms with E-state index in [-0.39, 0.29) is 23.1 Å². The van der Waals surface area contributed by atoms with Gasteiger partial charge in [0.05, 0.1) is 5.88 Å². The maximum Gasteiger partial charge on any atom is 0.354 e. The van der Waals surface area contributed by atoms with Gasteiger partial charge in [-0.05, 0) is 25.0 Å². The van der Waals surface area contributed by atoms with Gasteiger partial charge in [0.15, 0.2) is 0 Å². The Kier molecular flexibility index (Phi) is 4.51. The molecule has 2 fully saturated rings. The standard InChI is InChI=1S/C15H17N3O4S/c19-13(10-3-4-16-11(7-10)15(21)22)18-9-23-8-12(18)14(20)17-5-1-2-6-17/h3-4,7,12H,1-2,5-6,8-9H2,(H,21,22). The third-order valence-corrected chi connectivity index (χ3v) is 5.08. The van der Waals surface area contributed by atoms with Crippen molar-refractivity contribution in [3.05, 3.63) is 29.6 Å². The van der Waals surface area contributed by atoms with Gasteiger partial charge in [-0.1, -0.05) is 0 Å². The van der Waals surface area contributed by atoms with Crippen LogP contribution in [0.25, 0.3) is 0 Å². The molecule has 0 radical (unpaired) electrons. The molecule has 0 aromatic carbocycles. The Morgan fingerprint density at radius 1 is 1.26 bits per heavy atom. The second-order valence-corrected chi connectivity index (χ2v) is 6.56. The van der Waals surface area contributed by atoms with Gasteiger partial charge in [0.2, 0.25) is 5.91 Å². The highest BCUT2D eigenvalue weighted by Crippen LogP contribution is 2.25. The molecular weight excluding hydrogens is 318 g/mol.